The van der Waals surface area contributed by atoms with Gasteiger partial charge in [0.05, 0.1) is 44.8 Å². The third-order valence-corrected chi connectivity index (χ3v) is 11.2. The number of hydrogen-bond donors (Lipinski definition) is 12. The van der Waals surface area contributed by atoms with Gasteiger partial charge in [0.1, 0.15) is 6.04 Å². The molecule has 68 heavy (non-hydrogen) atoms. The van der Waals surface area contributed by atoms with E-state index in [0.717, 1.165) is 4.90 Å². The Balaban J connectivity index is 1.49. The number of β-amino-alcohol motifs (C(OH)–C–C–N with tert-alkyl or cyclic N) is 1. The minimum Gasteiger partial charge on any atom is -0.480 e. The van der Waals surface area contributed by atoms with Crippen molar-refractivity contribution in [3.63, 3.8) is 0 Å². The fraction of sp³-hybridized carbons (Fsp3) is 0.634. The average molecular weight is 963 g/mol. The van der Waals surface area contributed by atoms with Gasteiger partial charge < -0.3 is 68.1 Å². The van der Waals surface area contributed by atoms with Crippen LogP contribution in [0.3, 0.4) is 0 Å². The first-order valence-corrected chi connectivity index (χ1v) is 22.4. The van der Waals surface area contributed by atoms with Crippen LogP contribution < -0.4 is 32.7 Å². The Bertz CT molecular complexity index is 1840. The van der Waals surface area contributed by atoms with Crippen LogP contribution in [0.2, 0.25) is 0 Å². The van der Waals surface area contributed by atoms with Crippen molar-refractivity contribution in [2.45, 2.75) is 63.2 Å². The highest BCUT2D eigenvalue weighted by molar-refractivity contribution is 6.43. The van der Waals surface area contributed by atoms with Crippen LogP contribution in [0.15, 0.2) is 29.3 Å². The fourth-order valence-electron chi connectivity index (χ4n) is 7.58. The van der Waals surface area contributed by atoms with Gasteiger partial charge in [-0.05, 0) is 49.8 Å². The molecule has 3 rings (SSSR count). The van der Waals surface area contributed by atoms with Gasteiger partial charge in [0.15, 0.2) is 5.96 Å². The van der Waals surface area contributed by atoms with E-state index in [1.165, 1.54) is 12.1 Å². The van der Waals surface area contributed by atoms with E-state index in [2.05, 4.69) is 26.3 Å². The van der Waals surface area contributed by atoms with E-state index in [1.807, 2.05) is 0 Å². The zero-order chi connectivity index (χ0) is 50.2. The Kier molecular flexibility index (Phi) is 24.6. The number of carbonyl (C=O) groups excluding carboxylic acids is 5. The fourth-order valence-corrected chi connectivity index (χ4v) is 7.58. The lowest BCUT2D eigenvalue weighted by Crippen LogP contribution is -2.52. The lowest BCUT2D eigenvalue weighted by molar-refractivity contribution is -0.140. The van der Waals surface area contributed by atoms with Crippen molar-refractivity contribution in [3.8, 4) is 0 Å². The predicted octanol–water partition coefficient (Wildman–Crippen LogP) is -5.69. The maximum absolute atomic E-state index is 13.5. The van der Waals surface area contributed by atoms with Crippen molar-refractivity contribution >= 4 is 60.5 Å². The summed E-state index contributed by atoms with van der Waals surface area (Å²) in [5.74, 6) is -6.70. The SMILES string of the molecule is NC(N)=NCCCC(NC(=O)CN1CCN(CC(=O)O)CCN(CC(=O)O)CCN(CC(=O)O)CC1)C(=O)NCCCCC(=O)NCc1ccc(C(=O)NCC(=O)N2CC(O)CC2B(O)O)cc1. The lowest BCUT2D eigenvalue weighted by Gasteiger charge is -2.33. The predicted molar refractivity (Wildman–Crippen MR) is 244 cm³/mol. The summed E-state index contributed by atoms with van der Waals surface area (Å²) in [7, 11) is -1.83. The number of unbranched alkanes of at least 4 members (excludes halogenated alkanes) is 1. The highest BCUT2D eigenvalue weighted by Gasteiger charge is 2.41. The van der Waals surface area contributed by atoms with E-state index in [4.69, 9.17) is 11.5 Å². The van der Waals surface area contributed by atoms with Gasteiger partial charge in [0.25, 0.3) is 5.91 Å². The van der Waals surface area contributed by atoms with Gasteiger partial charge in [0, 0.05) is 90.5 Å². The van der Waals surface area contributed by atoms with Gasteiger partial charge in [-0.1, -0.05) is 12.1 Å². The molecule has 26 nitrogen and oxygen atoms in total. The molecular formula is C41H67BN12O14. The molecule has 2 fully saturated rings. The molecule has 1 aromatic carbocycles. The minimum absolute atomic E-state index is 0.00943. The number of carbonyl (C=O) groups is 8. The molecule has 0 radical (unpaired) electrons. The topological polar surface area (TPSA) is 387 Å². The number of aliphatic hydroxyl groups is 1. The zero-order valence-corrected chi connectivity index (χ0v) is 38.2. The molecule has 2 aliphatic rings. The highest BCUT2D eigenvalue weighted by atomic mass is 16.4. The molecule has 2 saturated heterocycles. The zero-order valence-electron chi connectivity index (χ0n) is 38.2. The highest BCUT2D eigenvalue weighted by Crippen LogP contribution is 2.19. The standard InChI is InChI=1S/C41H67BN12O14/c43-41(44)46-11-3-4-31(49-34(57)24-50-12-14-51(25-36(59)60)16-18-53(27-38(63)64)19-17-52(15-13-50)26-37(61)62)40(66)45-10-2-1-5-33(56)47-21-28-6-8-29(9-7-28)39(65)48-22-35(58)54-23-30(55)20-32(54)42(67)68/h6-9,30-32,55,67-68H,1-5,10-27H2,(H,45,66)(H,47,56)(H,48,65)(H,49,57)(H,59,60)(H,61,62)(H,63,64)(H4,43,44,46). The Morgan fingerprint density at radius 1 is 0.706 bits per heavy atom. The number of aliphatic carboxylic acids is 3. The molecular weight excluding hydrogens is 895 g/mol. The number of aliphatic hydroxyl groups excluding tert-OH is 1. The number of hydrogen-bond acceptors (Lipinski definition) is 16. The molecule has 1 aromatic rings. The van der Waals surface area contributed by atoms with Crippen LogP contribution in [0, 0.1) is 0 Å². The minimum atomic E-state index is -1.83. The maximum atomic E-state index is 13.5. The third-order valence-electron chi connectivity index (χ3n) is 11.2. The van der Waals surface area contributed by atoms with Crippen molar-refractivity contribution in [1.82, 2.24) is 45.8 Å². The Morgan fingerprint density at radius 2 is 1.24 bits per heavy atom. The van der Waals surface area contributed by atoms with Gasteiger partial charge >= 0.3 is 25.0 Å². The monoisotopic (exact) mass is 962 g/mol. The molecule has 5 amide bonds. The molecule has 378 valence electrons. The van der Waals surface area contributed by atoms with Crippen LogP contribution >= 0.6 is 0 Å². The Morgan fingerprint density at radius 3 is 1.74 bits per heavy atom. The third kappa shape index (κ3) is 22.2. The summed E-state index contributed by atoms with van der Waals surface area (Å²) in [5, 5.41) is 68.1. The number of nitrogens with two attached hydrogens (primary N) is 2. The van der Waals surface area contributed by atoms with E-state index < -0.39 is 73.3 Å². The van der Waals surface area contributed by atoms with E-state index >= 15 is 0 Å². The van der Waals surface area contributed by atoms with Crippen LogP contribution in [0.4, 0.5) is 0 Å². The van der Waals surface area contributed by atoms with Crippen molar-refractivity contribution in [3.05, 3.63) is 35.4 Å². The maximum Gasteiger partial charge on any atom is 0.475 e. The van der Waals surface area contributed by atoms with Gasteiger partial charge in [-0.2, -0.15) is 0 Å². The van der Waals surface area contributed by atoms with Gasteiger partial charge in [-0.15, -0.1) is 0 Å². The van der Waals surface area contributed by atoms with Gasteiger partial charge in [-0.25, -0.2) is 0 Å². The summed E-state index contributed by atoms with van der Waals surface area (Å²) in [4.78, 5) is 111. The number of carboxylic acids is 3. The number of rotatable bonds is 25. The number of benzene rings is 1. The Labute approximate surface area is 394 Å². The molecule has 0 saturated carbocycles. The van der Waals surface area contributed by atoms with E-state index in [9.17, 15) is 68.8 Å². The first-order valence-electron chi connectivity index (χ1n) is 22.4. The van der Waals surface area contributed by atoms with Crippen LogP contribution in [0.5, 0.6) is 0 Å². The van der Waals surface area contributed by atoms with Gasteiger partial charge in [0.2, 0.25) is 23.6 Å². The lowest BCUT2D eigenvalue weighted by atomic mass is 9.77. The van der Waals surface area contributed by atoms with Gasteiger partial charge in [-0.3, -0.25) is 62.9 Å². The summed E-state index contributed by atoms with van der Waals surface area (Å²) < 4.78 is 0. The Hall–Kier alpha value is -5.97. The van der Waals surface area contributed by atoms with Crippen molar-refractivity contribution in [2.75, 3.05) is 105 Å². The second-order valence-corrected chi connectivity index (χ2v) is 16.7. The van der Waals surface area contributed by atoms with Crippen LogP contribution in [0.25, 0.3) is 0 Å². The van der Waals surface area contributed by atoms with E-state index in [-0.39, 0.29) is 141 Å². The molecule has 3 unspecified atom stereocenters. The summed E-state index contributed by atoms with van der Waals surface area (Å²) in [5.41, 5.74) is 11.8. The molecule has 0 spiro atoms. The number of nitrogens with one attached hydrogen (secondary N) is 4. The number of nitrogens with zero attached hydrogens (tertiary/aromatic N) is 6. The molecule has 2 aliphatic heterocycles. The molecule has 0 bridgehead atoms. The molecule has 27 heteroatoms. The smallest absolute Gasteiger partial charge is 0.475 e. The molecule has 2 heterocycles. The second-order valence-electron chi connectivity index (χ2n) is 16.7. The first-order chi connectivity index (χ1) is 32.3. The van der Waals surface area contributed by atoms with Crippen LogP contribution in [-0.4, -0.2) is 238 Å². The van der Waals surface area contributed by atoms with E-state index in [1.54, 1.807) is 31.7 Å². The number of carboxylic acid groups (broad SMARTS) is 3. The summed E-state index contributed by atoms with van der Waals surface area (Å²) in [6.07, 6.45) is 0.629. The van der Waals surface area contributed by atoms with Crippen molar-refractivity contribution < 1.29 is 68.8 Å². The van der Waals surface area contributed by atoms with Crippen LogP contribution in [-0.2, 0) is 40.1 Å². The summed E-state index contributed by atoms with van der Waals surface area (Å²) in [6.45, 7) is 0.602. The molecule has 0 aromatic heterocycles. The number of guanidine groups is 1. The second kappa shape index (κ2) is 29.7. The first kappa shape index (κ1) is 56.4. The average Bonchev–Trinajstić information content (AvgIpc) is 3.68. The molecule has 3 atom stereocenters. The quantitative estimate of drug-likeness (QED) is 0.0188. The number of aliphatic imine (C=N–C) groups is 1. The number of likely N-dealkylation sites (tertiary alicyclic amines) is 1. The molecule has 14 N–H and O–H groups in total. The summed E-state index contributed by atoms with van der Waals surface area (Å²) >= 11 is 0. The number of amides is 5. The van der Waals surface area contributed by atoms with E-state index in [0.29, 0.717) is 24.8 Å². The molecule has 0 aliphatic carbocycles. The van der Waals surface area contributed by atoms with Crippen LogP contribution in [0.1, 0.15) is 54.4 Å². The normalized spacial score (nSPS) is 18.2. The largest absolute Gasteiger partial charge is 0.480 e. The van der Waals surface area contributed by atoms with Crippen molar-refractivity contribution in [1.29, 1.82) is 0 Å². The van der Waals surface area contributed by atoms with Crippen molar-refractivity contribution in [2.24, 2.45) is 16.5 Å². The summed E-state index contributed by atoms with van der Waals surface area (Å²) in [6, 6.07) is 5.34.